The molecule has 0 aliphatic carbocycles. The van der Waals surface area contributed by atoms with Gasteiger partial charge in [0.05, 0.1) is 11.3 Å². The molecule has 0 saturated heterocycles. The third-order valence-electron chi connectivity index (χ3n) is 2.63. The van der Waals surface area contributed by atoms with Gasteiger partial charge in [-0.1, -0.05) is 22.0 Å². The summed E-state index contributed by atoms with van der Waals surface area (Å²) < 4.78 is 0.914. The van der Waals surface area contributed by atoms with Crippen LogP contribution in [0.25, 0.3) is 0 Å². The van der Waals surface area contributed by atoms with Gasteiger partial charge in [0.25, 0.3) is 0 Å². The van der Waals surface area contributed by atoms with Crippen molar-refractivity contribution in [3.63, 3.8) is 0 Å². The fourth-order valence-corrected chi connectivity index (χ4v) is 2.14. The van der Waals surface area contributed by atoms with E-state index in [-0.39, 0.29) is 0 Å². The fraction of sp³-hybridized carbons (Fsp3) is 0.143. The zero-order chi connectivity index (χ0) is 13.0. The number of rotatable bonds is 3. The van der Waals surface area contributed by atoms with E-state index in [0.29, 0.717) is 5.56 Å². The number of nitriles is 1. The zero-order valence-corrected chi connectivity index (χ0v) is 11.6. The van der Waals surface area contributed by atoms with Crippen LogP contribution in [0.15, 0.2) is 47.2 Å². The second kappa shape index (κ2) is 5.65. The maximum atomic E-state index is 9.15. The molecule has 0 atom stereocenters. The van der Waals surface area contributed by atoms with Gasteiger partial charge in [0.2, 0.25) is 0 Å². The van der Waals surface area contributed by atoms with Gasteiger partial charge in [-0.2, -0.15) is 5.26 Å². The molecule has 0 bridgehead atoms. The minimum Gasteiger partial charge on any atom is -0.369 e. The molecule has 0 radical (unpaired) electrons. The van der Waals surface area contributed by atoms with E-state index in [1.165, 1.54) is 0 Å². The molecule has 3 nitrogen and oxygen atoms in total. The van der Waals surface area contributed by atoms with Crippen molar-refractivity contribution >= 4 is 21.6 Å². The molecular weight excluding hydrogens is 290 g/mol. The van der Waals surface area contributed by atoms with Crippen molar-refractivity contribution in [1.29, 1.82) is 5.26 Å². The molecule has 0 saturated carbocycles. The van der Waals surface area contributed by atoms with E-state index in [9.17, 15) is 0 Å². The normalized spacial score (nSPS) is 9.83. The summed E-state index contributed by atoms with van der Waals surface area (Å²) in [5.41, 5.74) is 2.70. The number of benzene rings is 1. The Morgan fingerprint density at radius 1 is 1.39 bits per heavy atom. The van der Waals surface area contributed by atoms with E-state index in [1.807, 2.05) is 48.5 Å². The summed E-state index contributed by atoms with van der Waals surface area (Å²) in [4.78, 5) is 6.13. The highest BCUT2D eigenvalue weighted by Crippen LogP contribution is 2.24. The summed E-state index contributed by atoms with van der Waals surface area (Å²) in [5, 5.41) is 9.15. The SMILES string of the molecule is CN(Cc1cccnc1)c1ccc(Br)cc1C#N. The largest absolute Gasteiger partial charge is 0.369 e. The number of hydrogen-bond acceptors (Lipinski definition) is 3. The maximum Gasteiger partial charge on any atom is 0.101 e. The Kier molecular flexibility index (Phi) is 3.96. The smallest absolute Gasteiger partial charge is 0.101 e. The molecule has 0 aliphatic rings. The van der Waals surface area contributed by atoms with Gasteiger partial charge in [0, 0.05) is 30.5 Å². The van der Waals surface area contributed by atoms with E-state index < -0.39 is 0 Å². The van der Waals surface area contributed by atoms with Gasteiger partial charge in [-0.25, -0.2) is 0 Å². The Hall–Kier alpha value is -1.86. The van der Waals surface area contributed by atoms with Gasteiger partial charge in [-0.15, -0.1) is 0 Å². The first-order valence-electron chi connectivity index (χ1n) is 5.50. The van der Waals surface area contributed by atoms with Crippen molar-refractivity contribution in [2.75, 3.05) is 11.9 Å². The molecule has 2 rings (SSSR count). The summed E-state index contributed by atoms with van der Waals surface area (Å²) in [5.74, 6) is 0. The molecule has 0 N–H and O–H groups in total. The van der Waals surface area contributed by atoms with Crippen LogP contribution in [0.3, 0.4) is 0 Å². The molecule has 90 valence electrons. The van der Waals surface area contributed by atoms with Crippen LogP contribution in [0.5, 0.6) is 0 Å². The van der Waals surface area contributed by atoms with Gasteiger partial charge in [-0.05, 0) is 29.8 Å². The highest BCUT2D eigenvalue weighted by Gasteiger charge is 2.08. The van der Waals surface area contributed by atoms with Crippen molar-refractivity contribution in [2.45, 2.75) is 6.54 Å². The predicted molar refractivity (Wildman–Crippen MR) is 75.2 cm³/mol. The number of pyridine rings is 1. The van der Waals surface area contributed by atoms with E-state index >= 15 is 0 Å². The van der Waals surface area contributed by atoms with Crippen LogP contribution in [0.4, 0.5) is 5.69 Å². The van der Waals surface area contributed by atoms with Crippen LogP contribution in [0, 0.1) is 11.3 Å². The summed E-state index contributed by atoms with van der Waals surface area (Å²) in [6.07, 6.45) is 3.59. The molecule has 1 aromatic heterocycles. The van der Waals surface area contributed by atoms with Gasteiger partial charge < -0.3 is 4.90 Å². The quantitative estimate of drug-likeness (QED) is 0.873. The molecule has 4 heteroatoms. The highest BCUT2D eigenvalue weighted by molar-refractivity contribution is 9.10. The number of nitrogens with zero attached hydrogens (tertiary/aromatic N) is 3. The van der Waals surface area contributed by atoms with Crippen LogP contribution in [-0.4, -0.2) is 12.0 Å². The maximum absolute atomic E-state index is 9.15. The molecular formula is C14H12BrN3. The van der Waals surface area contributed by atoms with E-state index in [1.54, 1.807) is 6.20 Å². The summed E-state index contributed by atoms with van der Waals surface area (Å²) in [6, 6.07) is 11.9. The molecule has 0 aliphatic heterocycles. The zero-order valence-electron chi connectivity index (χ0n) is 9.97. The van der Waals surface area contributed by atoms with Gasteiger partial charge in [0.1, 0.15) is 6.07 Å². The minimum atomic E-state index is 0.663. The number of halogens is 1. The molecule has 0 fully saturated rings. The van der Waals surface area contributed by atoms with Gasteiger partial charge in [-0.3, -0.25) is 4.98 Å². The van der Waals surface area contributed by atoms with Crippen LogP contribution in [-0.2, 0) is 6.54 Å². The summed E-state index contributed by atoms with van der Waals surface area (Å²) in [6.45, 7) is 0.726. The lowest BCUT2D eigenvalue weighted by Crippen LogP contribution is -2.17. The van der Waals surface area contributed by atoms with E-state index in [2.05, 4.69) is 27.0 Å². The Labute approximate surface area is 115 Å². The number of anilines is 1. The molecule has 0 spiro atoms. The average Bonchev–Trinajstić information content (AvgIpc) is 2.39. The predicted octanol–water partition coefficient (Wildman–Crippen LogP) is 3.35. The first-order chi connectivity index (χ1) is 8.70. The minimum absolute atomic E-state index is 0.663. The lowest BCUT2D eigenvalue weighted by molar-refractivity contribution is 0.913. The molecule has 2 aromatic rings. The second-order valence-corrected chi connectivity index (χ2v) is 4.91. The highest BCUT2D eigenvalue weighted by atomic mass is 79.9. The lowest BCUT2D eigenvalue weighted by Gasteiger charge is -2.20. The first-order valence-corrected chi connectivity index (χ1v) is 6.29. The molecule has 0 amide bonds. The summed E-state index contributed by atoms with van der Waals surface area (Å²) in [7, 11) is 1.97. The van der Waals surface area contributed by atoms with E-state index in [0.717, 1.165) is 22.3 Å². The Morgan fingerprint density at radius 3 is 2.89 bits per heavy atom. The molecule has 1 aromatic carbocycles. The van der Waals surface area contributed by atoms with Gasteiger partial charge >= 0.3 is 0 Å². The number of aromatic nitrogens is 1. The molecule has 0 unspecified atom stereocenters. The second-order valence-electron chi connectivity index (χ2n) is 3.99. The standard InChI is InChI=1S/C14H12BrN3/c1-18(10-11-3-2-6-17-9-11)14-5-4-13(15)7-12(14)8-16/h2-7,9H,10H2,1H3. The fourth-order valence-electron chi connectivity index (χ4n) is 1.78. The Balaban J connectivity index is 2.24. The summed E-state index contributed by atoms with van der Waals surface area (Å²) >= 11 is 3.37. The third-order valence-corrected chi connectivity index (χ3v) is 3.13. The van der Waals surface area contributed by atoms with Crippen molar-refractivity contribution in [1.82, 2.24) is 4.98 Å². The van der Waals surface area contributed by atoms with Crippen molar-refractivity contribution < 1.29 is 0 Å². The third kappa shape index (κ3) is 2.88. The van der Waals surface area contributed by atoms with Crippen LogP contribution in [0.1, 0.15) is 11.1 Å². The monoisotopic (exact) mass is 301 g/mol. The Morgan fingerprint density at radius 2 is 2.22 bits per heavy atom. The van der Waals surface area contributed by atoms with Crippen LogP contribution >= 0.6 is 15.9 Å². The lowest BCUT2D eigenvalue weighted by atomic mass is 10.1. The van der Waals surface area contributed by atoms with Crippen LogP contribution < -0.4 is 4.90 Å². The average molecular weight is 302 g/mol. The topological polar surface area (TPSA) is 39.9 Å². The van der Waals surface area contributed by atoms with Crippen molar-refractivity contribution in [2.24, 2.45) is 0 Å². The molecule has 18 heavy (non-hydrogen) atoms. The van der Waals surface area contributed by atoms with Crippen molar-refractivity contribution in [3.8, 4) is 6.07 Å². The first kappa shape index (κ1) is 12.6. The molecule has 1 heterocycles. The number of hydrogen-bond donors (Lipinski definition) is 0. The van der Waals surface area contributed by atoms with E-state index in [4.69, 9.17) is 5.26 Å². The van der Waals surface area contributed by atoms with Crippen molar-refractivity contribution in [3.05, 3.63) is 58.3 Å². The Bertz CT molecular complexity index is 575. The van der Waals surface area contributed by atoms with Gasteiger partial charge in [0.15, 0.2) is 0 Å². The van der Waals surface area contributed by atoms with Crippen LogP contribution in [0.2, 0.25) is 0 Å².